The number of nitrogens with one attached hydrogen (secondary N) is 1. The maximum atomic E-state index is 13.8. The molecule has 1 aliphatic heterocycles. The highest BCUT2D eigenvalue weighted by molar-refractivity contribution is 5.98. The molecule has 1 fully saturated rings. The summed E-state index contributed by atoms with van der Waals surface area (Å²) in [4.78, 5) is 12.1. The highest BCUT2D eigenvalue weighted by atomic mass is 19.1. The van der Waals surface area contributed by atoms with Gasteiger partial charge in [-0.25, -0.2) is 8.78 Å². The molecule has 1 saturated heterocycles. The molecule has 4 heteroatoms. The first-order valence-corrected chi connectivity index (χ1v) is 5.72. The fourth-order valence-electron chi connectivity index (χ4n) is 1.99. The van der Waals surface area contributed by atoms with Crippen molar-refractivity contribution in [1.29, 1.82) is 0 Å². The standard InChI is InChI=1S/C13H15F2NO/c1-7-3-4-10(14)11(12(7)15)13(17)8(2)9-5-16-6-9/h3-4,8-9,16H,5-6H2,1-2H3. The number of Topliss-reactive ketones (excluding diaryl/α,β-unsaturated/α-hetero) is 1. The average molecular weight is 239 g/mol. The van der Waals surface area contributed by atoms with Gasteiger partial charge < -0.3 is 5.32 Å². The summed E-state index contributed by atoms with van der Waals surface area (Å²) in [5, 5.41) is 3.05. The molecule has 1 atom stereocenters. The zero-order chi connectivity index (χ0) is 12.6. The molecule has 1 aliphatic rings. The van der Waals surface area contributed by atoms with Crippen LogP contribution in [-0.2, 0) is 0 Å². The fourth-order valence-corrected chi connectivity index (χ4v) is 1.99. The maximum absolute atomic E-state index is 13.8. The third-order valence-corrected chi connectivity index (χ3v) is 3.46. The second-order valence-electron chi connectivity index (χ2n) is 4.62. The van der Waals surface area contributed by atoms with Crippen LogP contribution in [0.3, 0.4) is 0 Å². The number of carbonyl (C=O) groups excluding carboxylic acids is 1. The average Bonchev–Trinajstić information content (AvgIpc) is 2.21. The topological polar surface area (TPSA) is 29.1 Å². The molecule has 0 spiro atoms. The minimum atomic E-state index is -0.766. The number of hydrogen-bond donors (Lipinski definition) is 1. The predicted molar refractivity (Wildman–Crippen MR) is 60.9 cm³/mol. The quantitative estimate of drug-likeness (QED) is 0.820. The molecule has 0 aliphatic carbocycles. The minimum Gasteiger partial charge on any atom is -0.316 e. The van der Waals surface area contributed by atoms with Crippen LogP contribution in [0.2, 0.25) is 0 Å². The van der Waals surface area contributed by atoms with E-state index in [4.69, 9.17) is 0 Å². The van der Waals surface area contributed by atoms with Gasteiger partial charge in [0.25, 0.3) is 0 Å². The Morgan fingerprint density at radius 2 is 2.06 bits per heavy atom. The molecule has 0 amide bonds. The maximum Gasteiger partial charge on any atom is 0.171 e. The van der Waals surface area contributed by atoms with Gasteiger partial charge in [0.05, 0.1) is 5.56 Å². The van der Waals surface area contributed by atoms with E-state index >= 15 is 0 Å². The normalized spacial score (nSPS) is 17.6. The van der Waals surface area contributed by atoms with Crippen molar-refractivity contribution in [2.24, 2.45) is 11.8 Å². The molecular formula is C13H15F2NO. The molecule has 1 aromatic carbocycles. The number of aryl methyl sites for hydroxylation is 1. The smallest absolute Gasteiger partial charge is 0.171 e. The summed E-state index contributed by atoms with van der Waals surface area (Å²) in [7, 11) is 0. The molecule has 0 saturated carbocycles. The van der Waals surface area contributed by atoms with Crippen molar-refractivity contribution in [3.63, 3.8) is 0 Å². The molecule has 1 N–H and O–H groups in total. The summed E-state index contributed by atoms with van der Waals surface area (Å²) < 4.78 is 27.3. The van der Waals surface area contributed by atoms with Gasteiger partial charge >= 0.3 is 0 Å². The van der Waals surface area contributed by atoms with E-state index < -0.39 is 17.4 Å². The Labute approximate surface area is 99.0 Å². The molecule has 92 valence electrons. The molecule has 0 radical (unpaired) electrons. The third-order valence-electron chi connectivity index (χ3n) is 3.46. The van der Waals surface area contributed by atoms with E-state index in [1.807, 2.05) is 0 Å². The van der Waals surface area contributed by atoms with Gasteiger partial charge in [-0.3, -0.25) is 4.79 Å². The second-order valence-corrected chi connectivity index (χ2v) is 4.62. The SMILES string of the molecule is Cc1ccc(F)c(C(=O)C(C)C2CNC2)c1F. The molecule has 2 nitrogen and oxygen atoms in total. The highest BCUT2D eigenvalue weighted by Crippen LogP contribution is 2.25. The Morgan fingerprint density at radius 1 is 1.41 bits per heavy atom. The van der Waals surface area contributed by atoms with Crippen molar-refractivity contribution in [3.05, 3.63) is 34.9 Å². The fraction of sp³-hybridized carbons (Fsp3) is 0.462. The summed E-state index contributed by atoms with van der Waals surface area (Å²) in [6.45, 7) is 4.74. The number of rotatable bonds is 3. The Hall–Kier alpha value is -1.29. The van der Waals surface area contributed by atoms with E-state index in [0.717, 1.165) is 19.2 Å². The van der Waals surface area contributed by atoms with Gasteiger partial charge in [0.2, 0.25) is 0 Å². The number of halogens is 2. The zero-order valence-corrected chi connectivity index (χ0v) is 9.89. The monoisotopic (exact) mass is 239 g/mol. The molecule has 1 heterocycles. The van der Waals surface area contributed by atoms with Crippen LogP contribution >= 0.6 is 0 Å². The highest BCUT2D eigenvalue weighted by Gasteiger charge is 2.32. The van der Waals surface area contributed by atoms with E-state index in [2.05, 4.69) is 5.32 Å². The van der Waals surface area contributed by atoms with E-state index in [1.54, 1.807) is 6.92 Å². The van der Waals surface area contributed by atoms with Gasteiger partial charge in [-0.05, 0) is 37.6 Å². The van der Waals surface area contributed by atoms with Crippen LogP contribution in [0.15, 0.2) is 12.1 Å². The van der Waals surface area contributed by atoms with Gasteiger partial charge in [-0.2, -0.15) is 0 Å². The van der Waals surface area contributed by atoms with Crippen LogP contribution in [0, 0.1) is 30.4 Å². The summed E-state index contributed by atoms with van der Waals surface area (Å²) >= 11 is 0. The molecule has 1 unspecified atom stereocenters. The number of hydrogen-bond acceptors (Lipinski definition) is 2. The van der Waals surface area contributed by atoms with Crippen molar-refractivity contribution in [1.82, 2.24) is 5.32 Å². The summed E-state index contributed by atoms with van der Waals surface area (Å²) in [6.07, 6.45) is 0. The lowest BCUT2D eigenvalue weighted by Crippen LogP contribution is -2.47. The third kappa shape index (κ3) is 2.09. The summed E-state index contributed by atoms with van der Waals surface area (Å²) in [5.74, 6) is -2.09. The molecule has 1 aromatic rings. The van der Waals surface area contributed by atoms with Crippen molar-refractivity contribution >= 4 is 5.78 Å². The molecular weight excluding hydrogens is 224 g/mol. The Bertz CT molecular complexity index is 455. The van der Waals surface area contributed by atoms with Gasteiger partial charge in [-0.15, -0.1) is 0 Å². The zero-order valence-electron chi connectivity index (χ0n) is 9.89. The Balaban J connectivity index is 2.32. The Morgan fingerprint density at radius 3 is 2.59 bits per heavy atom. The predicted octanol–water partition coefficient (Wildman–Crippen LogP) is 2.31. The van der Waals surface area contributed by atoms with E-state index in [-0.39, 0.29) is 17.4 Å². The number of ketones is 1. The lowest BCUT2D eigenvalue weighted by Gasteiger charge is -2.31. The minimum absolute atomic E-state index is 0.182. The van der Waals surface area contributed by atoms with Gasteiger partial charge in [0, 0.05) is 5.92 Å². The van der Waals surface area contributed by atoms with Crippen LogP contribution in [0.5, 0.6) is 0 Å². The van der Waals surface area contributed by atoms with Crippen LogP contribution in [-0.4, -0.2) is 18.9 Å². The van der Waals surface area contributed by atoms with E-state index in [9.17, 15) is 13.6 Å². The number of carbonyl (C=O) groups is 1. The van der Waals surface area contributed by atoms with Crippen LogP contribution in [0.25, 0.3) is 0 Å². The second kappa shape index (κ2) is 4.53. The van der Waals surface area contributed by atoms with E-state index in [0.29, 0.717) is 5.56 Å². The first-order valence-electron chi connectivity index (χ1n) is 5.72. The molecule has 0 bridgehead atoms. The van der Waals surface area contributed by atoms with Crippen molar-refractivity contribution in [3.8, 4) is 0 Å². The Kier molecular flexibility index (Phi) is 3.24. The van der Waals surface area contributed by atoms with E-state index in [1.165, 1.54) is 13.0 Å². The molecule has 0 aromatic heterocycles. The first-order chi connectivity index (χ1) is 8.02. The molecule has 17 heavy (non-hydrogen) atoms. The van der Waals surface area contributed by atoms with Crippen molar-refractivity contribution in [2.45, 2.75) is 13.8 Å². The first kappa shape index (κ1) is 12.2. The van der Waals surface area contributed by atoms with Gasteiger partial charge in [0.1, 0.15) is 11.6 Å². The van der Waals surface area contributed by atoms with Crippen LogP contribution in [0.4, 0.5) is 8.78 Å². The number of benzene rings is 1. The van der Waals surface area contributed by atoms with Crippen LogP contribution < -0.4 is 5.32 Å². The molecule has 2 rings (SSSR count). The van der Waals surface area contributed by atoms with Crippen molar-refractivity contribution in [2.75, 3.05) is 13.1 Å². The summed E-state index contributed by atoms with van der Waals surface area (Å²) in [5.41, 5.74) is -0.0851. The summed E-state index contributed by atoms with van der Waals surface area (Å²) in [6, 6.07) is 2.49. The van der Waals surface area contributed by atoms with Gasteiger partial charge in [-0.1, -0.05) is 13.0 Å². The lowest BCUT2D eigenvalue weighted by atomic mass is 9.83. The van der Waals surface area contributed by atoms with Gasteiger partial charge in [0.15, 0.2) is 5.78 Å². The van der Waals surface area contributed by atoms with Crippen LogP contribution in [0.1, 0.15) is 22.8 Å². The lowest BCUT2D eigenvalue weighted by molar-refractivity contribution is 0.0845. The largest absolute Gasteiger partial charge is 0.316 e. The van der Waals surface area contributed by atoms with Crippen molar-refractivity contribution < 1.29 is 13.6 Å².